The Bertz CT molecular complexity index is 1940. The molecule has 9 nitrogen and oxygen atoms in total. The van der Waals surface area contributed by atoms with Crippen molar-refractivity contribution in [1.29, 1.82) is 0 Å². The lowest BCUT2D eigenvalue weighted by Gasteiger charge is -2.41. The van der Waals surface area contributed by atoms with Crippen molar-refractivity contribution >= 4 is 33.7 Å². The number of hydrogen-bond donors (Lipinski definition) is 2. The third-order valence-electron chi connectivity index (χ3n) is 8.13. The predicted molar refractivity (Wildman–Crippen MR) is 167 cm³/mol. The lowest BCUT2D eigenvalue weighted by Crippen LogP contribution is -2.39. The average Bonchev–Trinajstić information content (AvgIpc) is 3.48. The Morgan fingerprint density at radius 3 is 2.45 bits per heavy atom. The van der Waals surface area contributed by atoms with Crippen LogP contribution in [-0.2, 0) is 22.6 Å². The first-order valence-electron chi connectivity index (χ1n) is 14.6. The minimum atomic E-state index is -0.689. The van der Waals surface area contributed by atoms with Gasteiger partial charge in [-0.3, -0.25) is 9.78 Å². The van der Waals surface area contributed by atoms with E-state index in [1.807, 2.05) is 97.3 Å². The van der Waals surface area contributed by atoms with Gasteiger partial charge in [-0.05, 0) is 47.5 Å². The molecule has 1 saturated heterocycles. The van der Waals surface area contributed by atoms with Crippen LogP contribution in [0.15, 0.2) is 110 Å². The van der Waals surface area contributed by atoms with Gasteiger partial charge in [0.2, 0.25) is 0 Å². The maximum Gasteiger partial charge on any atom is 0.275 e. The molecule has 220 valence electrons. The van der Waals surface area contributed by atoms with Crippen LogP contribution in [-0.4, -0.2) is 36.6 Å². The maximum absolute atomic E-state index is 13.1. The van der Waals surface area contributed by atoms with Gasteiger partial charge in [0.25, 0.3) is 5.91 Å². The molecule has 7 rings (SSSR count). The lowest BCUT2D eigenvalue weighted by atomic mass is 9.90. The number of aliphatic hydroxyl groups excluding tert-OH is 1. The van der Waals surface area contributed by atoms with Gasteiger partial charge < -0.3 is 24.5 Å². The first-order valence-corrected chi connectivity index (χ1v) is 14.6. The fourth-order valence-electron chi connectivity index (χ4n) is 5.70. The minimum Gasteiger partial charge on any atom is -0.392 e. The van der Waals surface area contributed by atoms with Crippen LogP contribution in [0.3, 0.4) is 0 Å². The van der Waals surface area contributed by atoms with E-state index in [9.17, 15) is 9.90 Å². The van der Waals surface area contributed by atoms with Crippen LogP contribution in [0.2, 0.25) is 0 Å². The molecule has 0 aliphatic carbocycles. The molecular weight excluding hydrogens is 554 g/mol. The van der Waals surface area contributed by atoms with E-state index in [1.165, 1.54) is 6.20 Å². The van der Waals surface area contributed by atoms with Crippen molar-refractivity contribution in [1.82, 2.24) is 19.5 Å². The van der Waals surface area contributed by atoms with E-state index in [1.54, 1.807) is 0 Å². The summed E-state index contributed by atoms with van der Waals surface area (Å²) in [6.45, 7) is 2.70. The monoisotopic (exact) mass is 585 g/mol. The Hall–Kier alpha value is -4.96. The largest absolute Gasteiger partial charge is 0.392 e. The summed E-state index contributed by atoms with van der Waals surface area (Å²) in [6, 6.07) is 30.8. The normalized spacial score (nSPS) is 20.1. The molecule has 1 aliphatic rings. The van der Waals surface area contributed by atoms with Crippen molar-refractivity contribution in [2.24, 2.45) is 5.92 Å². The number of carbonyl (C=O) groups is 1. The summed E-state index contributed by atoms with van der Waals surface area (Å²) in [6.07, 6.45) is 2.16. The average molecular weight is 586 g/mol. The number of fused-ring (bicyclic) bond motifs is 2. The van der Waals surface area contributed by atoms with E-state index in [0.29, 0.717) is 17.7 Å². The maximum atomic E-state index is 13.1. The number of nitrogens with zero attached hydrogens (tertiary/aromatic N) is 4. The van der Waals surface area contributed by atoms with Crippen molar-refractivity contribution in [2.45, 2.75) is 38.6 Å². The molecule has 1 aliphatic heterocycles. The molecule has 1 amide bonds. The molecular formula is C35H31N5O4. The molecule has 0 bridgehead atoms. The summed E-state index contributed by atoms with van der Waals surface area (Å²) in [5, 5.41) is 12.5. The Balaban J connectivity index is 1.17. The van der Waals surface area contributed by atoms with Crippen molar-refractivity contribution in [3.63, 3.8) is 0 Å². The number of para-hydroxylation sites is 4. The number of hydrogen-bond acceptors (Lipinski definition) is 7. The summed E-state index contributed by atoms with van der Waals surface area (Å²) < 4.78 is 15.4. The standard InChI is InChI=1S/C35H31N5O4/c1-22-32(19-40-21-37-29-11-4-5-12-31(29)40)43-35(44-33(22)24-15-13-23(20-41)14-16-24)25-7-6-8-26(17-25)38-34(42)30-18-36-27-9-2-3-10-28(27)39-30/h2-18,21-22,32-33,35,41H,19-20H2,1H3,(H,38,42)/t22-,32+,33+,35+/m1/s1. The number of ether oxygens (including phenoxy) is 2. The van der Waals surface area contributed by atoms with Crippen molar-refractivity contribution in [3.8, 4) is 0 Å². The number of rotatable bonds is 7. The smallest absolute Gasteiger partial charge is 0.275 e. The highest BCUT2D eigenvalue weighted by Gasteiger charge is 2.38. The number of nitrogens with one attached hydrogen (secondary N) is 1. The van der Waals surface area contributed by atoms with Crippen molar-refractivity contribution < 1.29 is 19.4 Å². The van der Waals surface area contributed by atoms with E-state index in [2.05, 4.69) is 37.8 Å². The quantitative estimate of drug-likeness (QED) is 0.229. The highest BCUT2D eigenvalue weighted by Crippen LogP contribution is 2.42. The highest BCUT2D eigenvalue weighted by molar-refractivity contribution is 6.03. The van der Waals surface area contributed by atoms with Gasteiger partial charge in [0.1, 0.15) is 5.69 Å². The second-order valence-electron chi connectivity index (χ2n) is 11.0. The zero-order valence-electron chi connectivity index (χ0n) is 24.1. The molecule has 3 heterocycles. The van der Waals surface area contributed by atoms with Gasteiger partial charge in [0, 0.05) is 17.2 Å². The topological polar surface area (TPSA) is 111 Å². The number of imidazole rings is 1. The fourth-order valence-corrected chi connectivity index (χ4v) is 5.70. The lowest BCUT2D eigenvalue weighted by molar-refractivity contribution is -0.276. The molecule has 44 heavy (non-hydrogen) atoms. The van der Waals surface area contributed by atoms with Crippen LogP contribution < -0.4 is 5.32 Å². The van der Waals surface area contributed by atoms with Crippen LogP contribution in [0.5, 0.6) is 0 Å². The highest BCUT2D eigenvalue weighted by atomic mass is 16.7. The van der Waals surface area contributed by atoms with Gasteiger partial charge in [0.05, 0.1) is 60.0 Å². The second kappa shape index (κ2) is 12.0. The van der Waals surface area contributed by atoms with Crippen molar-refractivity contribution in [3.05, 3.63) is 132 Å². The zero-order valence-corrected chi connectivity index (χ0v) is 24.1. The van der Waals surface area contributed by atoms with Crippen molar-refractivity contribution in [2.75, 3.05) is 5.32 Å². The zero-order chi connectivity index (χ0) is 30.0. The van der Waals surface area contributed by atoms with Gasteiger partial charge in [-0.2, -0.15) is 0 Å². The molecule has 2 aromatic heterocycles. The van der Waals surface area contributed by atoms with Crippen LogP contribution in [0.1, 0.15) is 46.5 Å². The first-order chi connectivity index (χ1) is 21.6. The Labute approximate surface area is 254 Å². The number of amides is 1. The van der Waals surface area contributed by atoms with Gasteiger partial charge in [0.15, 0.2) is 6.29 Å². The van der Waals surface area contributed by atoms with E-state index >= 15 is 0 Å². The number of benzene rings is 4. The molecule has 0 radical (unpaired) electrons. The molecule has 2 N–H and O–H groups in total. The van der Waals surface area contributed by atoms with Gasteiger partial charge in [-0.1, -0.05) is 67.6 Å². The number of aromatic nitrogens is 4. The summed E-state index contributed by atoms with van der Waals surface area (Å²) in [7, 11) is 0. The molecule has 1 fully saturated rings. The van der Waals surface area contributed by atoms with E-state index < -0.39 is 6.29 Å². The number of aliphatic hydroxyl groups is 1. The van der Waals surface area contributed by atoms with E-state index in [-0.39, 0.29) is 36.3 Å². The second-order valence-corrected chi connectivity index (χ2v) is 11.0. The van der Waals surface area contributed by atoms with Crippen LogP contribution in [0.25, 0.3) is 22.1 Å². The number of carbonyl (C=O) groups excluding carboxylic acids is 1. The molecule has 4 atom stereocenters. The Morgan fingerprint density at radius 2 is 1.64 bits per heavy atom. The fraction of sp³-hybridized carbons (Fsp3) is 0.200. The van der Waals surface area contributed by atoms with Crippen LogP contribution in [0.4, 0.5) is 5.69 Å². The van der Waals surface area contributed by atoms with Gasteiger partial charge in [-0.15, -0.1) is 0 Å². The summed E-state index contributed by atoms with van der Waals surface area (Å²) in [4.78, 5) is 26.5. The van der Waals surface area contributed by atoms with E-state index in [4.69, 9.17) is 9.47 Å². The molecule has 9 heteroatoms. The van der Waals surface area contributed by atoms with Gasteiger partial charge >= 0.3 is 0 Å². The first kappa shape index (κ1) is 27.8. The third-order valence-corrected chi connectivity index (χ3v) is 8.13. The Morgan fingerprint density at radius 1 is 0.864 bits per heavy atom. The van der Waals surface area contributed by atoms with Crippen LogP contribution >= 0.6 is 0 Å². The third kappa shape index (κ3) is 5.56. The SMILES string of the molecule is C[C@@H]1[C@H](Cn2cnc3ccccc32)O[C@H](c2cccc(NC(=O)c3cnc4ccccc4n3)c2)O[C@@H]1c1ccc(CO)cc1. The summed E-state index contributed by atoms with van der Waals surface area (Å²) in [5.41, 5.74) is 6.79. The summed E-state index contributed by atoms with van der Waals surface area (Å²) in [5.74, 6) is -0.354. The molecule has 6 aromatic rings. The van der Waals surface area contributed by atoms with Gasteiger partial charge in [-0.25, -0.2) is 9.97 Å². The molecule has 0 unspecified atom stereocenters. The van der Waals surface area contributed by atoms with Crippen LogP contribution in [0, 0.1) is 5.92 Å². The molecule has 0 spiro atoms. The number of anilines is 1. The predicted octanol–water partition coefficient (Wildman–Crippen LogP) is 6.22. The molecule has 4 aromatic carbocycles. The van der Waals surface area contributed by atoms with E-state index in [0.717, 1.165) is 33.2 Å². The molecule has 0 saturated carbocycles. The summed E-state index contributed by atoms with van der Waals surface area (Å²) >= 11 is 0. The Kier molecular flexibility index (Phi) is 7.57. The minimum absolute atomic E-state index is 0.00162.